The molecule has 24 heavy (non-hydrogen) atoms. The van der Waals surface area contributed by atoms with Crippen LogP contribution in [0.2, 0.25) is 0 Å². The average molecular weight is 372 g/mol. The lowest BCUT2D eigenvalue weighted by atomic mass is 9.88. The van der Waals surface area contributed by atoms with Crippen molar-refractivity contribution in [3.8, 4) is 0 Å². The van der Waals surface area contributed by atoms with Crippen LogP contribution in [0.25, 0.3) is 0 Å². The minimum Gasteiger partial charge on any atom is -0.326 e. The molecule has 0 unspecified atom stereocenters. The Morgan fingerprint density at radius 2 is 1.75 bits per heavy atom. The molecule has 0 radical (unpaired) electrons. The summed E-state index contributed by atoms with van der Waals surface area (Å²) in [6.07, 6.45) is 4.35. The highest BCUT2D eigenvalue weighted by Gasteiger charge is 2.67. The first kappa shape index (κ1) is 17.2. The highest BCUT2D eigenvalue weighted by Crippen LogP contribution is 3.02. The number of fused-ring (bicyclic) bond motifs is 2. The summed E-state index contributed by atoms with van der Waals surface area (Å²) in [5.41, 5.74) is 5.37. The van der Waals surface area contributed by atoms with E-state index < -0.39 is 44.5 Å². The first-order chi connectivity index (χ1) is 10.8. The van der Waals surface area contributed by atoms with Gasteiger partial charge in [-0.3, -0.25) is 4.79 Å². The molecule has 3 nitrogen and oxygen atoms in total. The van der Waals surface area contributed by atoms with Gasteiger partial charge in [-0.15, -0.1) is 0 Å². The van der Waals surface area contributed by atoms with Gasteiger partial charge in [-0.25, -0.2) is 4.39 Å². The van der Waals surface area contributed by atoms with Gasteiger partial charge in [0.25, 0.3) is 0 Å². The third-order valence-electron chi connectivity index (χ3n) is 4.44. The molecule has 2 aliphatic carbocycles. The van der Waals surface area contributed by atoms with Crippen molar-refractivity contribution in [3.63, 3.8) is 0 Å². The van der Waals surface area contributed by atoms with E-state index in [4.69, 9.17) is 5.73 Å². The second kappa shape index (κ2) is 4.48. The van der Waals surface area contributed by atoms with Crippen molar-refractivity contribution in [1.82, 2.24) is 0 Å². The molecule has 0 saturated heterocycles. The second-order valence-corrected chi connectivity index (χ2v) is 8.53. The van der Waals surface area contributed by atoms with Gasteiger partial charge in [0.15, 0.2) is 0 Å². The van der Waals surface area contributed by atoms with Crippen molar-refractivity contribution in [2.75, 3.05) is 5.32 Å². The number of carbonyl (C=O) groups excluding carboxylic acids is 1. The summed E-state index contributed by atoms with van der Waals surface area (Å²) in [4.78, 5) is 9.59. The van der Waals surface area contributed by atoms with Gasteiger partial charge < -0.3 is 11.1 Å². The fourth-order valence-corrected chi connectivity index (χ4v) is 4.12. The van der Waals surface area contributed by atoms with Gasteiger partial charge in [0.05, 0.1) is 5.92 Å². The molecule has 4 atom stereocenters. The Kier molecular flexibility index (Phi) is 3.20. The Morgan fingerprint density at radius 1 is 1.12 bits per heavy atom. The molecule has 2 aliphatic rings. The fourth-order valence-electron chi connectivity index (χ4n) is 3.33. The molecule has 0 aliphatic heterocycles. The summed E-state index contributed by atoms with van der Waals surface area (Å²) in [7, 11) is -10.2. The molecule has 1 saturated carbocycles. The Labute approximate surface area is 133 Å². The molecule has 10 heteroatoms. The fraction of sp³-hybridized carbons (Fsp3) is 0.357. The number of benzene rings is 1. The molecule has 1 amide bonds. The summed E-state index contributed by atoms with van der Waals surface area (Å²) < 4.78 is 77.4. The van der Waals surface area contributed by atoms with Gasteiger partial charge in [0.1, 0.15) is 10.7 Å². The van der Waals surface area contributed by atoms with E-state index in [0.29, 0.717) is 6.42 Å². The highest BCUT2D eigenvalue weighted by atomic mass is 32.5. The summed E-state index contributed by atoms with van der Waals surface area (Å²) in [5, 5.41) is 2.14. The number of nitrogens with two attached hydrogens (primary N) is 1. The number of anilines is 1. The number of hydrogen-bond donors (Lipinski definition) is 2. The van der Waals surface area contributed by atoms with Crippen LogP contribution in [0.1, 0.15) is 6.42 Å². The van der Waals surface area contributed by atoms with Crippen molar-refractivity contribution in [2.45, 2.75) is 17.4 Å². The van der Waals surface area contributed by atoms with Crippen LogP contribution >= 0.6 is 10.2 Å². The Bertz CT molecular complexity index is 748. The van der Waals surface area contributed by atoms with Crippen molar-refractivity contribution in [2.24, 2.45) is 23.5 Å². The van der Waals surface area contributed by atoms with E-state index in [2.05, 4.69) is 5.32 Å². The number of amides is 1. The smallest absolute Gasteiger partial charge is 0.313 e. The number of halogens is 6. The zero-order valence-corrected chi connectivity index (χ0v) is 12.9. The Balaban J connectivity index is 1.87. The highest BCUT2D eigenvalue weighted by molar-refractivity contribution is 8.45. The lowest BCUT2D eigenvalue weighted by Gasteiger charge is -2.40. The third kappa shape index (κ3) is 3.00. The van der Waals surface area contributed by atoms with E-state index >= 15 is 0 Å². The van der Waals surface area contributed by atoms with Crippen LogP contribution in [0, 0.1) is 23.6 Å². The van der Waals surface area contributed by atoms with Gasteiger partial charge in [-0.05, 0) is 36.5 Å². The van der Waals surface area contributed by atoms with E-state index in [1.54, 1.807) is 0 Å². The Hall–Kier alpha value is -1.68. The summed E-state index contributed by atoms with van der Waals surface area (Å²) >= 11 is 0. The predicted molar refractivity (Wildman–Crippen MR) is 78.6 cm³/mol. The van der Waals surface area contributed by atoms with Crippen molar-refractivity contribution >= 4 is 21.8 Å². The van der Waals surface area contributed by atoms with Crippen molar-refractivity contribution in [1.29, 1.82) is 0 Å². The van der Waals surface area contributed by atoms with Crippen LogP contribution in [-0.2, 0) is 4.79 Å². The zero-order valence-electron chi connectivity index (χ0n) is 12.1. The SMILES string of the molecule is N[C@H]1[C@@H](C(=O)Nc2ccc(F)c(S(F)(F)(F)(F)F)c2)[C@@H]2C=C[C@H]1C2. The van der Waals surface area contributed by atoms with E-state index in [-0.39, 0.29) is 24.0 Å². The van der Waals surface area contributed by atoms with E-state index in [1.165, 1.54) is 0 Å². The normalized spacial score (nSPS) is 31.6. The van der Waals surface area contributed by atoms with Gasteiger partial charge in [0, 0.05) is 11.7 Å². The number of carbonyl (C=O) groups is 1. The first-order valence-electron chi connectivity index (χ1n) is 7.05. The van der Waals surface area contributed by atoms with Crippen LogP contribution in [0.5, 0.6) is 0 Å². The van der Waals surface area contributed by atoms with Crippen LogP contribution in [0.4, 0.5) is 29.5 Å². The van der Waals surface area contributed by atoms with E-state index in [1.807, 2.05) is 12.2 Å². The molecule has 1 fully saturated rings. The second-order valence-electron chi connectivity index (χ2n) is 6.15. The molecule has 0 aromatic heterocycles. The number of nitrogens with one attached hydrogen (secondary N) is 1. The zero-order chi connectivity index (χ0) is 18.0. The minimum absolute atomic E-state index is 0.0132. The van der Waals surface area contributed by atoms with Crippen LogP contribution in [0.15, 0.2) is 35.2 Å². The van der Waals surface area contributed by atoms with Crippen LogP contribution in [-0.4, -0.2) is 11.9 Å². The number of hydrogen-bond acceptors (Lipinski definition) is 2. The molecule has 1 aromatic rings. The lowest BCUT2D eigenvalue weighted by Crippen LogP contribution is -2.41. The van der Waals surface area contributed by atoms with Gasteiger partial charge >= 0.3 is 10.2 Å². The van der Waals surface area contributed by atoms with Crippen molar-refractivity contribution in [3.05, 3.63) is 36.2 Å². The quantitative estimate of drug-likeness (QED) is 0.603. The van der Waals surface area contributed by atoms with Gasteiger partial charge in [-0.1, -0.05) is 31.6 Å². The molecule has 134 valence electrons. The summed E-state index contributed by atoms with van der Waals surface area (Å²) in [6.45, 7) is 0. The molecule has 2 bridgehead atoms. The van der Waals surface area contributed by atoms with Gasteiger partial charge in [0.2, 0.25) is 5.91 Å². The summed E-state index contributed by atoms with van der Waals surface area (Å²) in [5.74, 6) is -3.54. The lowest BCUT2D eigenvalue weighted by molar-refractivity contribution is -0.120. The standard InChI is InChI=1S/C14H14F6N2OS/c15-10-4-3-9(6-11(10)24(16,17,18,19)20)22-14(23)12-7-1-2-8(5-7)13(12)21/h1-4,6-8,12-13H,5,21H2,(H,22,23)/t7-,8+,12+,13-/m1/s1. The number of allylic oxidation sites excluding steroid dienone is 1. The maximum atomic E-state index is 13.3. The first-order valence-corrected chi connectivity index (χ1v) is 9.00. The van der Waals surface area contributed by atoms with Crippen molar-refractivity contribution < 1.29 is 28.6 Å². The topological polar surface area (TPSA) is 55.1 Å². The maximum Gasteiger partial charge on any atom is 0.313 e. The Morgan fingerprint density at radius 3 is 2.29 bits per heavy atom. The van der Waals surface area contributed by atoms with Crippen LogP contribution < -0.4 is 11.1 Å². The van der Waals surface area contributed by atoms with E-state index in [0.717, 1.165) is 6.07 Å². The number of rotatable bonds is 3. The predicted octanol–water partition coefficient (Wildman–Crippen LogP) is 4.57. The largest absolute Gasteiger partial charge is 0.326 e. The average Bonchev–Trinajstić information content (AvgIpc) is 2.98. The molecular weight excluding hydrogens is 358 g/mol. The maximum absolute atomic E-state index is 13.3. The van der Waals surface area contributed by atoms with E-state index in [9.17, 15) is 28.6 Å². The molecule has 3 rings (SSSR count). The molecule has 1 aromatic carbocycles. The molecule has 0 heterocycles. The van der Waals surface area contributed by atoms with Crippen LogP contribution in [0.3, 0.4) is 0 Å². The third-order valence-corrected chi connectivity index (χ3v) is 5.58. The van der Waals surface area contributed by atoms with Gasteiger partial charge in [-0.2, -0.15) is 0 Å². The monoisotopic (exact) mass is 372 g/mol. The molecule has 0 spiro atoms. The minimum atomic E-state index is -10.2. The molecule has 3 N–H and O–H groups in total. The molecular formula is C14H14F6N2OS. The summed E-state index contributed by atoms with van der Waals surface area (Å²) in [6, 6.07) is 0.484.